The number of nitrogens with zero attached hydrogens (tertiary/aromatic N) is 2. The molecule has 10 nitrogen and oxygen atoms in total. The summed E-state index contributed by atoms with van der Waals surface area (Å²) in [6, 6.07) is 2.55. The zero-order valence-corrected chi connectivity index (χ0v) is 15.4. The first kappa shape index (κ1) is 20.4. The van der Waals surface area contributed by atoms with E-state index < -0.39 is 24.2 Å². The number of aromatic hydroxyl groups is 1. The lowest BCUT2D eigenvalue weighted by Crippen LogP contribution is -2.20. The second kappa shape index (κ2) is 9.16. The van der Waals surface area contributed by atoms with Crippen molar-refractivity contribution in [2.24, 2.45) is 5.16 Å². The molecule has 0 aliphatic rings. The number of carboxylic acids is 1. The van der Waals surface area contributed by atoms with Gasteiger partial charge in [0, 0.05) is 10.4 Å². The maximum atomic E-state index is 11.9. The SMILES string of the molecule is O=CNc1nc(C(=NOCC(=O)Nc2cc(Cl)cc(Cl)c2O)C(=O)O)cs1. The summed E-state index contributed by atoms with van der Waals surface area (Å²) in [6.07, 6.45) is 0.387. The molecule has 0 spiro atoms. The smallest absolute Gasteiger partial charge is 0.360 e. The van der Waals surface area contributed by atoms with Crippen LogP contribution in [0.5, 0.6) is 5.75 Å². The van der Waals surface area contributed by atoms with Gasteiger partial charge in [-0.2, -0.15) is 0 Å². The monoisotopic (exact) mass is 432 g/mol. The maximum absolute atomic E-state index is 11.9. The highest BCUT2D eigenvalue weighted by atomic mass is 35.5. The zero-order valence-electron chi connectivity index (χ0n) is 13.1. The minimum atomic E-state index is -1.45. The van der Waals surface area contributed by atoms with E-state index in [1.165, 1.54) is 17.5 Å². The number of carbonyl (C=O) groups excluding carboxylic acids is 2. The van der Waals surface area contributed by atoms with E-state index in [4.69, 9.17) is 33.1 Å². The van der Waals surface area contributed by atoms with E-state index in [0.29, 0.717) is 6.41 Å². The minimum absolute atomic E-state index is 0.0485. The molecule has 1 aromatic carbocycles. The summed E-state index contributed by atoms with van der Waals surface area (Å²) in [7, 11) is 0. The van der Waals surface area contributed by atoms with Crippen LogP contribution in [0.15, 0.2) is 22.7 Å². The Kier molecular flexibility index (Phi) is 6.93. The summed E-state index contributed by atoms with van der Waals surface area (Å²) >= 11 is 12.5. The lowest BCUT2D eigenvalue weighted by Gasteiger charge is -2.08. The van der Waals surface area contributed by atoms with Crippen LogP contribution >= 0.6 is 34.5 Å². The molecule has 0 saturated carbocycles. The molecular formula is C14H10Cl2N4O6S. The van der Waals surface area contributed by atoms with Crippen LogP contribution in [0.3, 0.4) is 0 Å². The lowest BCUT2D eigenvalue weighted by molar-refractivity contribution is -0.130. The number of anilines is 2. The van der Waals surface area contributed by atoms with Crippen LogP contribution in [0, 0.1) is 0 Å². The Morgan fingerprint density at radius 1 is 1.37 bits per heavy atom. The molecule has 0 atom stereocenters. The van der Waals surface area contributed by atoms with Crippen molar-refractivity contribution >= 4 is 69.4 Å². The van der Waals surface area contributed by atoms with Gasteiger partial charge in [-0.25, -0.2) is 9.78 Å². The van der Waals surface area contributed by atoms with Gasteiger partial charge in [0.25, 0.3) is 5.91 Å². The summed E-state index contributed by atoms with van der Waals surface area (Å²) in [5.41, 5.74) is -0.671. The summed E-state index contributed by atoms with van der Waals surface area (Å²) < 4.78 is 0. The van der Waals surface area contributed by atoms with Gasteiger partial charge in [-0.05, 0) is 12.1 Å². The third-order valence-corrected chi connectivity index (χ3v) is 4.07. The Bertz CT molecular complexity index is 917. The predicted octanol–water partition coefficient (Wildman–Crippen LogP) is 2.17. The predicted molar refractivity (Wildman–Crippen MR) is 98.7 cm³/mol. The lowest BCUT2D eigenvalue weighted by atomic mass is 10.3. The number of benzene rings is 1. The fourth-order valence-electron chi connectivity index (χ4n) is 1.70. The number of halogens is 2. The Morgan fingerprint density at radius 3 is 2.78 bits per heavy atom. The molecule has 0 unspecified atom stereocenters. The fourth-order valence-corrected chi connectivity index (χ4v) is 2.85. The number of phenols is 1. The van der Waals surface area contributed by atoms with Gasteiger partial charge in [0.15, 0.2) is 17.5 Å². The molecule has 0 bridgehead atoms. The van der Waals surface area contributed by atoms with Gasteiger partial charge in [0.05, 0.1) is 10.7 Å². The van der Waals surface area contributed by atoms with Crippen LogP contribution in [0.4, 0.5) is 10.8 Å². The van der Waals surface area contributed by atoms with Crippen molar-refractivity contribution in [1.82, 2.24) is 4.98 Å². The molecule has 1 heterocycles. The number of carboxylic acid groups (broad SMARTS) is 1. The molecule has 0 saturated heterocycles. The van der Waals surface area contributed by atoms with E-state index >= 15 is 0 Å². The average Bonchev–Trinajstić information content (AvgIpc) is 3.04. The molecule has 0 aliphatic carbocycles. The topological polar surface area (TPSA) is 150 Å². The normalized spacial score (nSPS) is 11.0. The van der Waals surface area contributed by atoms with Gasteiger partial charge in [0.2, 0.25) is 12.1 Å². The molecule has 2 aromatic rings. The molecule has 13 heteroatoms. The number of oxime groups is 1. The van der Waals surface area contributed by atoms with Gasteiger partial charge in [-0.3, -0.25) is 9.59 Å². The molecule has 27 heavy (non-hydrogen) atoms. The summed E-state index contributed by atoms with van der Waals surface area (Å²) in [5, 5.41) is 28.5. The van der Waals surface area contributed by atoms with Crippen molar-refractivity contribution < 1.29 is 29.4 Å². The summed E-state index contributed by atoms with van der Waals surface area (Å²) in [6.45, 7) is -0.663. The maximum Gasteiger partial charge on any atom is 0.360 e. The molecule has 4 N–H and O–H groups in total. The minimum Gasteiger partial charge on any atom is -0.504 e. The molecule has 0 aliphatic heterocycles. The Balaban J connectivity index is 2.03. The van der Waals surface area contributed by atoms with E-state index in [2.05, 4.69) is 20.8 Å². The van der Waals surface area contributed by atoms with Gasteiger partial charge in [-0.1, -0.05) is 28.4 Å². The van der Waals surface area contributed by atoms with E-state index in [-0.39, 0.29) is 32.3 Å². The van der Waals surface area contributed by atoms with Crippen LogP contribution in [-0.2, 0) is 19.2 Å². The van der Waals surface area contributed by atoms with E-state index in [1.54, 1.807) is 0 Å². The molecule has 0 radical (unpaired) electrons. The first-order chi connectivity index (χ1) is 12.8. The van der Waals surface area contributed by atoms with Crippen molar-refractivity contribution in [3.05, 3.63) is 33.3 Å². The highest BCUT2D eigenvalue weighted by Gasteiger charge is 2.18. The van der Waals surface area contributed by atoms with Gasteiger partial charge >= 0.3 is 5.97 Å². The van der Waals surface area contributed by atoms with Crippen molar-refractivity contribution in [3.63, 3.8) is 0 Å². The third-order valence-electron chi connectivity index (χ3n) is 2.79. The van der Waals surface area contributed by atoms with Gasteiger partial charge in [0.1, 0.15) is 5.69 Å². The molecule has 0 fully saturated rings. The van der Waals surface area contributed by atoms with E-state index in [9.17, 15) is 19.5 Å². The Morgan fingerprint density at radius 2 is 2.11 bits per heavy atom. The van der Waals surface area contributed by atoms with Crippen molar-refractivity contribution in [3.8, 4) is 5.75 Å². The largest absolute Gasteiger partial charge is 0.504 e. The van der Waals surface area contributed by atoms with Crippen molar-refractivity contribution in [2.75, 3.05) is 17.2 Å². The number of carbonyl (C=O) groups is 3. The average molecular weight is 433 g/mol. The number of amides is 2. The fraction of sp³-hybridized carbons (Fsp3) is 0.0714. The van der Waals surface area contributed by atoms with Gasteiger partial charge < -0.3 is 25.7 Å². The zero-order chi connectivity index (χ0) is 20.0. The van der Waals surface area contributed by atoms with Crippen molar-refractivity contribution in [1.29, 1.82) is 0 Å². The number of nitrogens with one attached hydrogen (secondary N) is 2. The standard InChI is InChI=1S/C14H10Cl2N4O6S/c15-6-1-7(16)12(23)8(2-6)18-10(22)3-26-20-11(13(24)25)9-4-27-14(19-9)17-5-21/h1-2,4-5,23H,3H2,(H,18,22)(H,24,25)(H,17,19,21). The van der Waals surface area contributed by atoms with Crippen LogP contribution in [0.2, 0.25) is 10.0 Å². The highest BCUT2D eigenvalue weighted by molar-refractivity contribution is 7.14. The first-order valence-electron chi connectivity index (χ1n) is 6.89. The molecule has 1 aromatic heterocycles. The summed E-state index contributed by atoms with van der Waals surface area (Å²) in [5.74, 6) is -2.59. The van der Waals surface area contributed by atoms with Crippen LogP contribution in [0.25, 0.3) is 0 Å². The van der Waals surface area contributed by atoms with Gasteiger partial charge in [-0.15, -0.1) is 11.3 Å². The molecule has 2 rings (SSSR count). The number of hydrogen-bond donors (Lipinski definition) is 4. The highest BCUT2D eigenvalue weighted by Crippen LogP contribution is 2.34. The van der Waals surface area contributed by atoms with Crippen molar-refractivity contribution in [2.45, 2.75) is 0 Å². The second-order valence-corrected chi connectivity index (χ2v) is 6.35. The number of phenolic OH excluding ortho intramolecular Hbond substituents is 1. The molecule has 142 valence electrons. The number of hydrogen-bond acceptors (Lipinski definition) is 8. The van der Waals surface area contributed by atoms with Crippen LogP contribution in [-0.4, -0.2) is 45.8 Å². The molecule has 2 amide bonds. The van der Waals surface area contributed by atoms with E-state index in [1.807, 2.05) is 0 Å². The molecular weight excluding hydrogens is 423 g/mol. The first-order valence-corrected chi connectivity index (χ1v) is 8.52. The Labute approximate surface area is 165 Å². The Hall–Kier alpha value is -2.89. The quantitative estimate of drug-likeness (QED) is 0.216. The number of rotatable bonds is 8. The second-order valence-electron chi connectivity index (χ2n) is 4.65. The third kappa shape index (κ3) is 5.54. The van der Waals surface area contributed by atoms with Crippen LogP contribution < -0.4 is 10.6 Å². The van der Waals surface area contributed by atoms with E-state index in [0.717, 1.165) is 11.3 Å². The summed E-state index contributed by atoms with van der Waals surface area (Å²) in [4.78, 5) is 42.0. The van der Waals surface area contributed by atoms with Crippen LogP contribution in [0.1, 0.15) is 5.69 Å². The number of aliphatic carboxylic acids is 1. The number of aromatic nitrogens is 1. The number of thiazole rings is 1.